The molecule has 1 aliphatic rings. The average Bonchev–Trinajstić information content (AvgIpc) is 2.87. The van der Waals surface area contributed by atoms with E-state index in [0.717, 1.165) is 12.8 Å². The molecule has 0 aromatic carbocycles. The summed E-state index contributed by atoms with van der Waals surface area (Å²) in [6.45, 7) is 0. The normalized spacial score (nSPS) is 15.7. The standard InChI is InChI=1S/C9H9NO3/c11-8-7(5-1-2-5)3-6(4-10-8)9(12)13/h3-5H,1-2H2,(H,10,11)(H,12,13). The number of aromatic carboxylic acids is 1. The van der Waals surface area contributed by atoms with E-state index in [2.05, 4.69) is 4.98 Å². The summed E-state index contributed by atoms with van der Waals surface area (Å²) in [5.74, 6) is -0.721. The molecule has 1 aliphatic carbocycles. The number of nitrogens with one attached hydrogen (secondary N) is 1. The van der Waals surface area contributed by atoms with Crippen molar-refractivity contribution in [1.29, 1.82) is 0 Å². The van der Waals surface area contributed by atoms with Gasteiger partial charge in [-0.15, -0.1) is 0 Å². The van der Waals surface area contributed by atoms with Crippen molar-refractivity contribution < 1.29 is 9.90 Å². The Bertz CT molecular complexity index is 404. The van der Waals surface area contributed by atoms with Crippen molar-refractivity contribution in [3.05, 3.63) is 33.7 Å². The lowest BCUT2D eigenvalue weighted by Gasteiger charge is -1.98. The zero-order chi connectivity index (χ0) is 9.42. The maximum Gasteiger partial charge on any atom is 0.337 e. The molecule has 0 spiro atoms. The van der Waals surface area contributed by atoms with Gasteiger partial charge in [0.1, 0.15) is 0 Å². The summed E-state index contributed by atoms with van der Waals surface area (Å²) < 4.78 is 0. The molecule has 68 valence electrons. The maximum atomic E-state index is 11.2. The van der Waals surface area contributed by atoms with Crippen LogP contribution in [0.1, 0.15) is 34.7 Å². The molecule has 2 rings (SSSR count). The Hall–Kier alpha value is -1.58. The third-order valence-corrected chi connectivity index (χ3v) is 2.20. The predicted octanol–water partition coefficient (Wildman–Crippen LogP) is 0.950. The highest BCUT2D eigenvalue weighted by molar-refractivity contribution is 5.87. The lowest BCUT2D eigenvalue weighted by Crippen LogP contribution is -2.13. The molecule has 0 radical (unpaired) electrons. The second kappa shape index (κ2) is 2.73. The minimum Gasteiger partial charge on any atom is -0.478 e. The molecule has 1 aromatic rings. The molecule has 0 unspecified atom stereocenters. The van der Waals surface area contributed by atoms with Gasteiger partial charge in [-0.2, -0.15) is 0 Å². The highest BCUT2D eigenvalue weighted by Crippen LogP contribution is 2.38. The van der Waals surface area contributed by atoms with E-state index in [1.165, 1.54) is 12.3 Å². The third kappa shape index (κ3) is 1.47. The average molecular weight is 179 g/mol. The minimum absolute atomic E-state index is 0.154. The number of H-pyrrole nitrogens is 1. The largest absolute Gasteiger partial charge is 0.478 e. The van der Waals surface area contributed by atoms with Crippen LogP contribution in [-0.4, -0.2) is 16.1 Å². The van der Waals surface area contributed by atoms with E-state index in [4.69, 9.17) is 5.11 Å². The van der Waals surface area contributed by atoms with Gasteiger partial charge < -0.3 is 10.1 Å². The van der Waals surface area contributed by atoms with Gasteiger partial charge in [0.15, 0.2) is 0 Å². The molecule has 1 saturated carbocycles. The van der Waals surface area contributed by atoms with Gasteiger partial charge in [0.2, 0.25) is 0 Å². The van der Waals surface area contributed by atoms with Crippen LogP contribution in [0.4, 0.5) is 0 Å². The molecule has 1 aromatic heterocycles. The first-order chi connectivity index (χ1) is 6.18. The molecule has 4 nitrogen and oxygen atoms in total. The second-order valence-electron chi connectivity index (χ2n) is 3.25. The number of hydrogen-bond donors (Lipinski definition) is 2. The Morgan fingerprint density at radius 1 is 1.54 bits per heavy atom. The quantitative estimate of drug-likeness (QED) is 0.710. The Balaban J connectivity index is 2.48. The number of carboxylic acid groups (broad SMARTS) is 1. The van der Waals surface area contributed by atoms with Crippen LogP contribution >= 0.6 is 0 Å². The summed E-state index contributed by atoms with van der Waals surface area (Å²) in [7, 11) is 0. The van der Waals surface area contributed by atoms with Crippen molar-refractivity contribution in [2.45, 2.75) is 18.8 Å². The SMILES string of the molecule is O=C(O)c1c[nH]c(=O)c(C2CC2)c1. The van der Waals surface area contributed by atoms with Gasteiger partial charge in [0.05, 0.1) is 5.56 Å². The van der Waals surface area contributed by atoms with Crippen LogP contribution in [0.25, 0.3) is 0 Å². The van der Waals surface area contributed by atoms with Crippen molar-refractivity contribution in [2.24, 2.45) is 0 Å². The fraction of sp³-hybridized carbons (Fsp3) is 0.333. The van der Waals surface area contributed by atoms with Crippen molar-refractivity contribution in [3.8, 4) is 0 Å². The smallest absolute Gasteiger partial charge is 0.337 e. The number of aromatic amines is 1. The van der Waals surface area contributed by atoms with Crippen molar-refractivity contribution in [3.63, 3.8) is 0 Å². The Labute approximate surface area is 74.2 Å². The van der Waals surface area contributed by atoms with E-state index in [9.17, 15) is 9.59 Å². The molecule has 0 amide bonds. The van der Waals surface area contributed by atoms with Crippen LogP contribution in [0, 0.1) is 0 Å². The number of hydrogen-bond acceptors (Lipinski definition) is 2. The second-order valence-corrected chi connectivity index (χ2v) is 3.25. The van der Waals surface area contributed by atoms with Crippen molar-refractivity contribution in [1.82, 2.24) is 4.98 Å². The molecule has 1 fully saturated rings. The van der Waals surface area contributed by atoms with Crippen molar-refractivity contribution >= 4 is 5.97 Å². The molecule has 13 heavy (non-hydrogen) atoms. The highest BCUT2D eigenvalue weighted by Gasteiger charge is 2.26. The van der Waals surface area contributed by atoms with E-state index in [1.807, 2.05) is 0 Å². The van der Waals surface area contributed by atoms with E-state index in [0.29, 0.717) is 5.56 Å². The Morgan fingerprint density at radius 3 is 2.77 bits per heavy atom. The number of carbonyl (C=O) groups is 1. The summed E-state index contributed by atoms with van der Waals surface area (Å²) in [5, 5.41) is 8.68. The zero-order valence-electron chi connectivity index (χ0n) is 6.91. The van der Waals surface area contributed by atoms with E-state index >= 15 is 0 Å². The first-order valence-electron chi connectivity index (χ1n) is 4.14. The van der Waals surface area contributed by atoms with Crippen LogP contribution in [0.2, 0.25) is 0 Å². The summed E-state index contributed by atoms with van der Waals surface area (Å²) in [6.07, 6.45) is 3.22. The van der Waals surface area contributed by atoms with Gasteiger partial charge in [-0.05, 0) is 24.8 Å². The topological polar surface area (TPSA) is 70.2 Å². The van der Waals surface area contributed by atoms with Crippen LogP contribution < -0.4 is 5.56 Å². The number of pyridine rings is 1. The molecule has 2 N–H and O–H groups in total. The fourth-order valence-corrected chi connectivity index (χ4v) is 1.32. The van der Waals surface area contributed by atoms with Gasteiger partial charge >= 0.3 is 5.97 Å². The predicted molar refractivity (Wildman–Crippen MR) is 46.0 cm³/mol. The van der Waals surface area contributed by atoms with E-state index in [-0.39, 0.29) is 17.0 Å². The van der Waals surface area contributed by atoms with E-state index in [1.54, 1.807) is 0 Å². The molecule has 0 aliphatic heterocycles. The first kappa shape index (κ1) is 8.04. The summed E-state index contributed by atoms with van der Waals surface area (Å²) in [4.78, 5) is 24.2. The number of carboxylic acids is 1. The summed E-state index contributed by atoms with van der Waals surface area (Å²) >= 11 is 0. The van der Waals surface area contributed by atoms with Gasteiger partial charge in [-0.3, -0.25) is 4.79 Å². The molecule has 4 heteroatoms. The van der Waals surface area contributed by atoms with E-state index < -0.39 is 5.97 Å². The number of aromatic nitrogens is 1. The molecule has 0 saturated heterocycles. The van der Waals surface area contributed by atoms with Crippen LogP contribution in [0.3, 0.4) is 0 Å². The van der Waals surface area contributed by atoms with Gasteiger partial charge in [-0.25, -0.2) is 4.79 Å². The monoisotopic (exact) mass is 179 g/mol. The van der Waals surface area contributed by atoms with Crippen molar-refractivity contribution in [2.75, 3.05) is 0 Å². The fourth-order valence-electron chi connectivity index (χ4n) is 1.32. The van der Waals surface area contributed by atoms with Gasteiger partial charge in [0.25, 0.3) is 5.56 Å². The Kier molecular flexibility index (Phi) is 1.69. The molecule has 0 atom stereocenters. The lowest BCUT2D eigenvalue weighted by molar-refractivity contribution is 0.0696. The maximum absolute atomic E-state index is 11.2. The Morgan fingerprint density at radius 2 is 2.23 bits per heavy atom. The molecular weight excluding hydrogens is 170 g/mol. The summed E-state index contributed by atoms with van der Waals surface area (Å²) in [6, 6.07) is 1.47. The zero-order valence-corrected chi connectivity index (χ0v) is 6.91. The highest BCUT2D eigenvalue weighted by atomic mass is 16.4. The molecule has 1 heterocycles. The van der Waals surface area contributed by atoms with Crippen LogP contribution in [0.15, 0.2) is 17.1 Å². The molecule has 0 bridgehead atoms. The summed E-state index contributed by atoms with van der Waals surface area (Å²) in [5.41, 5.74) is 0.605. The van der Waals surface area contributed by atoms with Crippen LogP contribution in [0.5, 0.6) is 0 Å². The molecular formula is C9H9NO3. The van der Waals surface area contributed by atoms with Gasteiger partial charge in [-0.1, -0.05) is 0 Å². The lowest BCUT2D eigenvalue weighted by atomic mass is 10.1. The number of rotatable bonds is 2. The minimum atomic E-state index is -1.00. The first-order valence-corrected chi connectivity index (χ1v) is 4.14. The van der Waals surface area contributed by atoms with Crippen LogP contribution in [-0.2, 0) is 0 Å². The van der Waals surface area contributed by atoms with Gasteiger partial charge in [0, 0.05) is 11.8 Å². The third-order valence-electron chi connectivity index (χ3n) is 2.20.